The average Bonchev–Trinajstić information content (AvgIpc) is 2.70. The molecule has 0 aromatic heterocycles. The minimum atomic E-state index is -0.0935. The van der Waals surface area contributed by atoms with Crippen LogP contribution in [0.2, 0.25) is 0 Å². The summed E-state index contributed by atoms with van der Waals surface area (Å²) in [4.78, 5) is 14.3. The molecule has 6 nitrogen and oxygen atoms in total. The molecule has 1 N–H and O–H groups in total. The zero-order valence-corrected chi connectivity index (χ0v) is 15.2. The molecule has 0 fully saturated rings. The molecule has 0 bridgehead atoms. The number of carbonyl (C=O) groups is 1. The molecule has 0 radical (unpaired) electrons. The number of hydrogen-bond acceptors (Lipinski definition) is 4. The SMILES string of the molecule is COc1cc(OC)cc(OCCNC(=O)N2CCCc3ccccc32)c1. The Morgan fingerprint density at radius 2 is 1.77 bits per heavy atom. The third-order valence-corrected chi connectivity index (χ3v) is 4.33. The fraction of sp³-hybridized carbons (Fsp3) is 0.350. The molecule has 138 valence electrons. The van der Waals surface area contributed by atoms with Crippen molar-refractivity contribution in [1.29, 1.82) is 0 Å². The number of aryl methyl sites for hydroxylation is 1. The summed E-state index contributed by atoms with van der Waals surface area (Å²) >= 11 is 0. The number of nitrogens with one attached hydrogen (secondary N) is 1. The van der Waals surface area contributed by atoms with Gasteiger partial charge >= 0.3 is 6.03 Å². The normalized spacial score (nSPS) is 12.9. The molecule has 2 aromatic rings. The van der Waals surface area contributed by atoms with Gasteiger partial charge in [0.2, 0.25) is 0 Å². The first kappa shape index (κ1) is 17.9. The van der Waals surface area contributed by atoms with Crippen LogP contribution >= 0.6 is 0 Å². The van der Waals surface area contributed by atoms with Crippen molar-refractivity contribution in [1.82, 2.24) is 5.32 Å². The molecule has 0 spiro atoms. The highest BCUT2D eigenvalue weighted by Gasteiger charge is 2.21. The van der Waals surface area contributed by atoms with Gasteiger partial charge in [-0.2, -0.15) is 0 Å². The second-order valence-corrected chi connectivity index (χ2v) is 6.01. The molecule has 26 heavy (non-hydrogen) atoms. The van der Waals surface area contributed by atoms with Crippen molar-refractivity contribution >= 4 is 11.7 Å². The number of rotatable bonds is 6. The third kappa shape index (κ3) is 4.20. The van der Waals surface area contributed by atoms with Gasteiger partial charge in [-0.25, -0.2) is 4.79 Å². The number of ether oxygens (including phenoxy) is 3. The zero-order valence-electron chi connectivity index (χ0n) is 15.2. The van der Waals surface area contributed by atoms with E-state index in [1.54, 1.807) is 37.3 Å². The van der Waals surface area contributed by atoms with Crippen LogP contribution in [-0.2, 0) is 6.42 Å². The van der Waals surface area contributed by atoms with Crippen LogP contribution in [0.15, 0.2) is 42.5 Å². The van der Waals surface area contributed by atoms with E-state index >= 15 is 0 Å². The Morgan fingerprint density at radius 3 is 2.50 bits per heavy atom. The number of methoxy groups -OCH3 is 2. The highest BCUT2D eigenvalue weighted by atomic mass is 16.5. The first-order chi connectivity index (χ1) is 12.7. The summed E-state index contributed by atoms with van der Waals surface area (Å²) in [6.07, 6.45) is 1.99. The first-order valence-corrected chi connectivity index (χ1v) is 8.70. The average molecular weight is 356 g/mol. The van der Waals surface area contributed by atoms with Gasteiger partial charge in [-0.15, -0.1) is 0 Å². The number of benzene rings is 2. The summed E-state index contributed by atoms with van der Waals surface area (Å²) in [5.41, 5.74) is 2.21. The third-order valence-electron chi connectivity index (χ3n) is 4.33. The fourth-order valence-electron chi connectivity index (χ4n) is 3.03. The number of carbonyl (C=O) groups excluding carboxylic acids is 1. The second-order valence-electron chi connectivity index (χ2n) is 6.01. The summed E-state index contributed by atoms with van der Waals surface area (Å²) in [7, 11) is 3.18. The summed E-state index contributed by atoms with van der Waals surface area (Å²) in [6, 6.07) is 13.3. The van der Waals surface area contributed by atoms with Gasteiger partial charge in [0.05, 0.1) is 20.8 Å². The van der Waals surface area contributed by atoms with E-state index in [1.807, 2.05) is 18.2 Å². The quantitative estimate of drug-likeness (QED) is 0.807. The van der Waals surface area contributed by atoms with E-state index in [0.29, 0.717) is 30.4 Å². The van der Waals surface area contributed by atoms with E-state index in [9.17, 15) is 4.79 Å². The van der Waals surface area contributed by atoms with Crippen molar-refractivity contribution in [3.8, 4) is 17.2 Å². The molecular weight excluding hydrogens is 332 g/mol. The maximum Gasteiger partial charge on any atom is 0.321 e. The van der Waals surface area contributed by atoms with Gasteiger partial charge in [0.1, 0.15) is 23.9 Å². The summed E-state index contributed by atoms with van der Waals surface area (Å²) < 4.78 is 16.1. The molecule has 0 saturated carbocycles. The Morgan fingerprint density at radius 1 is 1.08 bits per heavy atom. The Labute approximate surface area is 153 Å². The Bertz CT molecular complexity index is 741. The molecule has 2 aromatic carbocycles. The van der Waals surface area contributed by atoms with Crippen molar-refractivity contribution in [2.24, 2.45) is 0 Å². The molecule has 1 aliphatic heterocycles. The maximum atomic E-state index is 12.5. The van der Waals surface area contributed by atoms with Crippen LogP contribution in [0, 0.1) is 0 Å². The van der Waals surface area contributed by atoms with Crippen LogP contribution < -0.4 is 24.4 Å². The number of nitrogens with zero attached hydrogens (tertiary/aromatic N) is 1. The van der Waals surface area contributed by atoms with E-state index in [4.69, 9.17) is 14.2 Å². The maximum absolute atomic E-state index is 12.5. The molecule has 3 rings (SSSR count). The predicted octanol–water partition coefficient (Wildman–Crippen LogP) is 3.25. The van der Waals surface area contributed by atoms with Crippen LogP contribution in [0.3, 0.4) is 0 Å². The highest BCUT2D eigenvalue weighted by Crippen LogP contribution is 2.28. The number of amides is 2. The van der Waals surface area contributed by atoms with E-state index in [1.165, 1.54) is 5.56 Å². The molecule has 1 aliphatic rings. The largest absolute Gasteiger partial charge is 0.496 e. The summed E-state index contributed by atoms with van der Waals surface area (Å²) in [5.74, 6) is 1.96. The molecule has 2 amide bonds. The van der Waals surface area contributed by atoms with Gasteiger partial charge < -0.3 is 19.5 Å². The molecule has 0 saturated heterocycles. The van der Waals surface area contributed by atoms with Gasteiger partial charge in [0.25, 0.3) is 0 Å². The van der Waals surface area contributed by atoms with Crippen LogP contribution in [0.5, 0.6) is 17.2 Å². The Kier molecular flexibility index (Phi) is 5.84. The number of fused-ring (bicyclic) bond motifs is 1. The van der Waals surface area contributed by atoms with Crippen molar-refractivity contribution in [3.63, 3.8) is 0 Å². The zero-order chi connectivity index (χ0) is 18.4. The molecule has 0 atom stereocenters. The number of urea groups is 1. The van der Waals surface area contributed by atoms with Crippen LogP contribution in [0.25, 0.3) is 0 Å². The molecule has 6 heteroatoms. The summed E-state index contributed by atoms with van der Waals surface area (Å²) in [5, 5.41) is 2.92. The van der Waals surface area contributed by atoms with E-state index in [-0.39, 0.29) is 6.03 Å². The lowest BCUT2D eigenvalue weighted by Gasteiger charge is -2.29. The van der Waals surface area contributed by atoms with Crippen molar-refractivity contribution in [2.45, 2.75) is 12.8 Å². The number of para-hydroxylation sites is 1. The standard InChI is InChI=1S/C20H24N2O4/c1-24-16-12-17(25-2)14-18(13-16)26-11-9-21-20(23)22-10-5-7-15-6-3-4-8-19(15)22/h3-4,6,8,12-14H,5,7,9-11H2,1-2H3,(H,21,23). The summed E-state index contributed by atoms with van der Waals surface area (Å²) in [6.45, 7) is 1.51. The minimum absolute atomic E-state index is 0.0935. The van der Waals surface area contributed by atoms with Gasteiger partial charge in [-0.1, -0.05) is 18.2 Å². The number of hydrogen-bond donors (Lipinski definition) is 1. The smallest absolute Gasteiger partial charge is 0.321 e. The highest BCUT2D eigenvalue weighted by molar-refractivity contribution is 5.93. The van der Waals surface area contributed by atoms with Crippen molar-refractivity contribution < 1.29 is 19.0 Å². The van der Waals surface area contributed by atoms with Gasteiger partial charge in [-0.05, 0) is 24.5 Å². The lowest BCUT2D eigenvalue weighted by molar-refractivity contribution is 0.241. The molecule has 0 unspecified atom stereocenters. The van der Waals surface area contributed by atoms with Crippen molar-refractivity contribution in [3.05, 3.63) is 48.0 Å². The minimum Gasteiger partial charge on any atom is -0.496 e. The van der Waals surface area contributed by atoms with Crippen LogP contribution in [0.4, 0.5) is 10.5 Å². The Hall–Kier alpha value is -2.89. The van der Waals surface area contributed by atoms with Gasteiger partial charge in [0, 0.05) is 30.4 Å². The Balaban J connectivity index is 1.52. The molecule has 1 heterocycles. The molecule has 0 aliphatic carbocycles. The van der Waals surface area contributed by atoms with Crippen molar-refractivity contribution in [2.75, 3.05) is 38.8 Å². The van der Waals surface area contributed by atoms with E-state index < -0.39 is 0 Å². The molecular formula is C20H24N2O4. The van der Waals surface area contributed by atoms with E-state index in [2.05, 4.69) is 11.4 Å². The number of anilines is 1. The first-order valence-electron chi connectivity index (χ1n) is 8.70. The van der Waals surface area contributed by atoms with E-state index in [0.717, 1.165) is 25.1 Å². The van der Waals surface area contributed by atoms with Gasteiger partial charge in [0.15, 0.2) is 0 Å². The monoisotopic (exact) mass is 356 g/mol. The van der Waals surface area contributed by atoms with Gasteiger partial charge in [-0.3, -0.25) is 4.90 Å². The predicted molar refractivity (Wildman–Crippen MR) is 101 cm³/mol. The topological polar surface area (TPSA) is 60.0 Å². The fourth-order valence-corrected chi connectivity index (χ4v) is 3.03. The lowest BCUT2D eigenvalue weighted by Crippen LogP contribution is -2.44. The lowest BCUT2D eigenvalue weighted by atomic mass is 10.0. The van der Waals surface area contributed by atoms with Crippen LogP contribution in [-0.4, -0.2) is 39.9 Å². The second kappa shape index (κ2) is 8.47. The van der Waals surface area contributed by atoms with Crippen LogP contribution in [0.1, 0.15) is 12.0 Å².